The summed E-state index contributed by atoms with van der Waals surface area (Å²) < 4.78 is 7.11. The lowest BCUT2D eigenvalue weighted by Gasteiger charge is -2.16. The molecular weight excluding hydrogens is 280 g/mol. The Morgan fingerprint density at radius 3 is 2.86 bits per heavy atom. The summed E-state index contributed by atoms with van der Waals surface area (Å²) in [6, 6.07) is 8.20. The molecule has 0 radical (unpaired) electrons. The highest BCUT2D eigenvalue weighted by atomic mass is 32.1. The van der Waals surface area contributed by atoms with Crippen LogP contribution in [0.3, 0.4) is 0 Å². The summed E-state index contributed by atoms with van der Waals surface area (Å²) >= 11 is 3.88. The standard InChI is InChI=1S/C17H20N2OS/c1-12(2)17-14-8-4-6-10-16(14)19(18-17)15-9-5-3-7-13(15)11-20-21/h3,5,7,9,21H,1,4,6,8,10-11H2,2H3. The zero-order valence-electron chi connectivity index (χ0n) is 12.3. The van der Waals surface area contributed by atoms with Gasteiger partial charge in [-0.1, -0.05) is 24.8 Å². The van der Waals surface area contributed by atoms with E-state index in [1.165, 1.54) is 24.1 Å². The number of benzene rings is 1. The summed E-state index contributed by atoms with van der Waals surface area (Å²) in [6.45, 7) is 6.59. The van der Waals surface area contributed by atoms with Crippen molar-refractivity contribution in [1.82, 2.24) is 9.78 Å². The molecule has 110 valence electrons. The lowest BCUT2D eigenvalue weighted by Crippen LogP contribution is -2.09. The molecule has 1 aliphatic carbocycles. The Hall–Kier alpha value is -1.52. The van der Waals surface area contributed by atoms with Gasteiger partial charge in [0.25, 0.3) is 0 Å². The van der Waals surface area contributed by atoms with Crippen LogP contribution in [0.4, 0.5) is 0 Å². The van der Waals surface area contributed by atoms with Crippen LogP contribution in [0.5, 0.6) is 0 Å². The first kappa shape index (κ1) is 14.4. The zero-order chi connectivity index (χ0) is 14.8. The number of hydrogen-bond acceptors (Lipinski definition) is 3. The molecule has 1 heterocycles. The molecule has 1 aromatic heterocycles. The van der Waals surface area contributed by atoms with Crippen LogP contribution in [0, 0.1) is 0 Å². The normalized spacial score (nSPS) is 14.0. The fraction of sp³-hybridized carbons (Fsp3) is 0.353. The van der Waals surface area contributed by atoms with Gasteiger partial charge in [0.2, 0.25) is 0 Å². The summed E-state index contributed by atoms with van der Waals surface area (Å²) in [7, 11) is 0. The van der Waals surface area contributed by atoms with Gasteiger partial charge in [-0.25, -0.2) is 4.68 Å². The second kappa shape index (κ2) is 6.08. The lowest BCUT2D eigenvalue weighted by atomic mass is 9.94. The molecule has 1 aliphatic rings. The molecule has 0 bridgehead atoms. The second-order valence-electron chi connectivity index (χ2n) is 5.58. The van der Waals surface area contributed by atoms with E-state index in [-0.39, 0.29) is 0 Å². The van der Waals surface area contributed by atoms with E-state index in [9.17, 15) is 0 Å². The molecule has 0 saturated heterocycles. The van der Waals surface area contributed by atoms with E-state index in [1.54, 1.807) is 0 Å². The van der Waals surface area contributed by atoms with Gasteiger partial charge in [-0.3, -0.25) is 0 Å². The van der Waals surface area contributed by atoms with Gasteiger partial charge < -0.3 is 4.18 Å². The van der Waals surface area contributed by atoms with Crippen molar-refractivity contribution in [2.45, 2.75) is 39.2 Å². The molecule has 3 rings (SSSR count). The quantitative estimate of drug-likeness (QED) is 0.678. The van der Waals surface area contributed by atoms with E-state index in [4.69, 9.17) is 9.28 Å². The van der Waals surface area contributed by atoms with Crippen LogP contribution in [-0.2, 0) is 23.6 Å². The van der Waals surface area contributed by atoms with E-state index in [0.717, 1.165) is 35.4 Å². The molecule has 0 unspecified atom stereocenters. The van der Waals surface area contributed by atoms with Crippen LogP contribution in [0.1, 0.15) is 42.3 Å². The van der Waals surface area contributed by atoms with Crippen LogP contribution in [0.2, 0.25) is 0 Å². The molecule has 2 aromatic rings. The third-order valence-corrected chi connectivity index (χ3v) is 4.15. The van der Waals surface area contributed by atoms with Gasteiger partial charge in [-0.2, -0.15) is 5.10 Å². The third-order valence-electron chi connectivity index (χ3n) is 4.02. The van der Waals surface area contributed by atoms with Crippen molar-refractivity contribution in [1.29, 1.82) is 0 Å². The number of hydrogen-bond donors (Lipinski definition) is 1. The van der Waals surface area contributed by atoms with Crippen molar-refractivity contribution in [2.75, 3.05) is 0 Å². The number of nitrogens with zero attached hydrogens (tertiary/aromatic N) is 2. The number of thiol groups is 1. The number of aromatic nitrogens is 2. The van der Waals surface area contributed by atoms with Crippen LogP contribution < -0.4 is 0 Å². The first-order valence-electron chi connectivity index (χ1n) is 7.33. The van der Waals surface area contributed by atoms with Crippen LogP contribution in [-0.4, -0.2) is 9.78 Å². The van der Waals surface area contributed by atoms with Crippen LogP contribution in [0.15, 0.2) is 30.8 Å². The van der Waals surface area contributed by atoms with E-state index in [1.807, 2.05) is 19.1 Å². The Bertz CT molecular complexity index is 675. The highest BCUT2D eigenvalue weighted by Crippen LogP contribution is 2.30. The minimum atomic E-state index is 0.469. The van der Waals surface area contributed by atoms with E-state index in [0.29, 0.717) is 6.61 Å². The predicted octanol–water partition coefficient (Wildman–Crippen LogP) is 4.15. The van der Waals surface area contributed by atoms with Gasteiger partial charge in [0.05, 0.1) is 18.0 Å². The Labute approximate surface area is 131 Å². The highest BCUT2D eigenvalue weighted by Gasteiger charge is 2.22. The average Bonchev–Trinajstić information content (AvgIpc) is 2.88. The smallest absolute Gasteiger partial charge is 0.0913 e. The van der Waals surface area contributed by atoms with Crippen molar-refractivity contribution in [2.24, 2.45) is 0 Å². The Balaban J connectivity index is 2.17. The van der Waals surface area contributed by atoms with E-state index >= 15 is 0 Å². The minimum absolute atomic E-state index is 0.469. The van der Waals surface area contributed by atoms with Crippen molar-refractivity contribution in [3.8, 4) is 5.69 Å². The van der Waals surface area contributed by atoms with Crippen molar-refractivity contribution in [3.05, 3.63) is 53.4 Å². The Morgan fingerprint density at radius 1 is 1.33 bits per heavy atom. The maximum Gasteiger partial charge on any atom is 0.0913 e. The van der Waals surface area contributed by atoms with Crippen LogP contribution >= 0.6 is 12.9 Å². The predicted molar refractivity (Wildman–Crippen MR) is 88.7 cm³/mol. The maximum atomic E-state index is 5.02. The number of rotatable bonds is 4. The molecular formula is C17H20N2OS. The molecule has 21 heavy (non-hydrogen) atoms. The van der Waals surface area contributed by atoms with Gasteiger partial charge in [-0.05, 0) is 57.2 Å². The van der Waals surface area contributed by atoms with E-state index in [2.05, 4.69) is 36.3 Å². The van der Waals surface area contributed by atoms with E-state index < -0.39 is 0 Å². The molecule has 0 aliphatic heterocycles. The molecule has 0 spiro atoms. The number of fused-ring (bicyclic) bond motifs is 1. The Morgan fingerprint density at radius 2 is 2.10 bits per heavy atom. The molecule has 1 aromatic carbocycles. The zero-order valence-corrected chi connectivity index (χ0v) is 13.2. The van der Waals surface area contributed by atoms with Gasteiger partial charge >= 0.3 is 0 Å². The van der Waals surface area contributed by atoms with Crippen molar-refractivity contribution >= 4 is 18.5 Å². The average molecular weight is 300 g/mol. The Kier molecular flexibility index (Phi) is 4.17. The summed E-state index contributed by atoms with van der Waals surface area (Å²) in [5, 5.41) is 4.84. The highest BCUT2D eigenvalue weighted by molar-refractivity contribution is 7.75. The van der Waals surface area contributed by atoms with Gasteiger partial charge in [0.15, 0.2) is 0 Å². The van der Waals surface area contributed by atoms with Gasteiger partial charge in [0.1, 0.15) is 0 Å². The maximum absolute atomic E-state index is 5.02. The fourth-order valence-corrected chi connectivity index (χ4v) is 3.19. The van der Waals surface area contributed by atoms with Crippen LogP contribution in [0.25, 0.3) is 11.3 Å². The fourth-order valence-electron chi connectivity index (χ4n) is 3.05. The topological polar surface area (TPSA) is 27.1 Å². The summed E-state index contributed by atoms with van der Waals surface area (Å²) in [6.07, 6.45) is 4.63. The van der Waals surface area contributed by atoms with Crippen molar-refractivity contribution < 1.29 is 4.18 Å². The largest absolute Gasteiger partial charge is 0.314 e. The number of para-hydroxylation sites is 1. The lowest BCUT2D eigenvalue weighted by molar-refractivity contribution is 0.371. The summed E-state index contributed by atoms with van der Waals surface area (Å²) in [5.74, 6) is 0. The molecule has 0 N–H and O–H groups in total. The molecule has 0 atom stereocenters. The van der Waals surface area contributed by atoms with Gasteiger partial charge in [-0.15, -0.1) is 0 Å². The third kappa shape index (κ3) is 2.65. The summed E-state index contributed by atoms with van der Waals surface area (Å²) in [4.78, 5) is 0. The van der Waals surface area contributed by atoms with Gasteiger partial charge in [0, 0.05) is 16.8 Å². The SMILES string of the molecule is C=C(C)c1nn(-c2ccccc2COS)c2c1CCCC2. The molecule has 0 amide bonds. The molecule has 3 nitrogen and oxygen atoms in total. The number of allylic oxidation sites excluding steroid dienone is 1. The molecule has 0 fully saturated rings. The minimum Gasteiger partial charge on any atom is -0.314 e. The second-order valence-corrected chi connectivity index (χ2v) is 5.83. The molecule has 4 heteroatoms. The first-order chi connectivity index (χ1) is 10.2. The molecule has 0 saturated carbocycles. The monoisotopic (exact) mass is 300 g/mol. The summed E-state index contributed by atoms with van der Waals surface area (Å²) in [5.41, 5.74) is 6.97. The van der Waals surface area contributed by atoms with Crippen molar-refractivity contribution in [3.63, 3.8) is 0 Å². The first-order valence-corrected chi connectivity index (χ1v) is 7.70.